The van der Waals surface area contributed by atoms with Gasteiger partial charge in [-0.15, -0.1) is 22.6 Å². The number of tetrazole rings is 1. The molecule has 1 heterocycles. The van der Waals surface area contributed by atoms with Crippen LogP contribution in [0.3, 0.4) is 0 Å². The smallest absolute Gasteiger partial charge is 0.222 e. The van der Waals surface area contributed by atoms with Crippen molar-refractivity contribution >= 4 is 18.3 Å². The maximum Gasteiger partial charge on any atom is 0.222 e. The molecule has 222 valence electrons. The zero-order chi connectivity index (χ0) is 27.9. The summed E-state index contributed by atoms with van der Waals surface area (Å²) < 4.78 is 16.5. The number of aromatic nitrogens is 4. The van der Waals surface area contributed by atoms with Gasteiger partial charge in [0.25, 0.3) is 0 Å². The first kappa shape index (κ1) is 34.6. The van der Waals surface area contributed by atoms with Gasteiger partial charge in [-0.05, 0) is 55.2 Å². The van der Waals surface area contributed by atoms with Crippen molar-refractivity contribution in [2.24, 2.45) is 23.5 Å². The van der Waals surface area contributed by atoms with E-state index in [1.165, 1.54) is 0 Å². The molecule has 12 heteroatoms. The van der Waals surface area contributed by atoms with Crippen molar-refractivity contribution in [3.8, 4) is 11.5 Å². The Balaban J connectivity index is 0.00000760. The monoisotopic (exact) mass is 570 g/mol. The second-order valence-electron chi connectivity index (χ2n) is 10.2. The number of aliphatic hydroxyl groups is 1. The van der Waals surface area contributed by atoms with Crippen LogP contribution in [-0.2, 0) is 22.4 Å². The molecule has 4 atom stereocenters. The van der Waals surface area contributed by atoms with Crippen molar-refractivity contribution in [3.05, 3.63) is 29.6 Å². The minimum absolute atomic E-state index is 0. The van der Waals surface area contributed by atoms with Crippen LogP contribution in [0.25, 0.3) is 0 Å². The van der Waals surface area contributed by atoms with Gasteiger partial charge in [0.05, 0.1) is 19.8 Å². The van der Waals surface area contributed by atoms with Crippen molar-refractivity contribution < 1.29 is 24.1 Å². The molecule has 1 aromatic heterocycles. The molecule has 0 unspecified atom stereocenters. The Hall–Kier alpha value is -2.47. The predicted octanol–water partition coefficient (Wildman–Crippen LogP) is 2.71. The fourth-order valence-corrected chi connectivity index (χ4v) is 4.31. The number of carbonyl (C=O) groups is 1. The summed E-state index contributed by atoms with van der Waals surface area (Å²) in [6.07, 6.45) is 3.12. The highest BCUT2D eigenvalue weighted by atomic mass is 35.5. The molecule has 0 aliphatic carbocycles. The number of rotatable bonds is 19. The van der Waals surface area contributed by atoms with Crippen molar-refractivity contribution in [1.29, 1.82) is 0 Å². The number of ether oxygens (including phenoxy) is 3. The molecule has 1 amide bonds. The molecule has 0 radical (unpaired) electrons. The number of methoxy groups -OCH3 is 2. The molecule has 0 fully saturated rings. The minimum Gasteiger partial charge on any atom is -0.493 e. The number of halogens is 1. The Morgan fingerprint density at radius 1 is 1.13 bits per heavy atom. The molecule has 5 N–H and O–H groups in total. The van der Waals surface area contributed by atoms with Crippen LogP contribution >= 0.6 is 12.4 Å². The molecule has 2 aromatic rings. The van der Waals surface area contributed by atoms with E-state index in [4.69, 9.17) is 19.9 Å². The summed E-state index contributed by atoms with van der Waals surface area (Å²) in [5, 5.41) is 27.4. The summed E-state index contributed by atoms with van der Waals surface area (Å²) in [6, 6.07) is 5.56. The molecule has 2 rings (SSSR count). The van der Waals surface area contributed by atoms with Crippen molar-refractivity contribution in [3.63, 3.8) is 0 Å². The third kappa shape index (κ3) is 12.5. The number of amides is 1. The zero-order valence-corrected chi connectivity index (χ0v) is 24.7. The van der Waals surface area contributed by atoms with E-state index in [-0.39, 0.29) is 30.2 Å². The molecule has 11 nitrogen and oxygen atoms in total. The third-order valence-corrected chi connectivity index (χ3v) is 6.80. The van der Waals surface area contributed by atoms with E-state index >= 15 is 0 Å². The van der Waals surface area contributed by atoms with Crippen molar-refractivity contribution in [2.75, 3.05) is 34.0 Å². The zero-order valence-electron chi connectivity index (χ0n) is 23.9. The lowest BCUT2D eigenvalue weighted by molar-refractivity contribution is -0.125. The number of benzene rings is 1. The lowest BCUT2D eigenvalue weighted by Crippen LogP contribution is -2.41. The largest absolute Gasteiger partial charge is 0.493 e. The summed E-state index contributed by atoms with van der Waals surface area (Å²) in [5.41, 5.74) is 7.57. The Kier molecular flexibility index (Phi) is 16.6. The standard InChI is InChI=1S/C27H46N6O5.ClH/c1-18(2)21(15-20-9-10-24(37-5)25(16-20)38-13-7-12-36-4)17-22(28)23(34)14-19(3)27(35)29-11-6-8-26-30-32-33-31-26;/h9-10,16,18-19,21-23,34H,6-8,11-15,17,28H2,1-5H3,(H,29,35)(H,30,31,32,33);1H/t19-,21+,22+,23+;/m1./s1. The number of aryl methyl sites for hydroxylation is 1. The highest BCUT2D eigenvalue weighted by Crippen LogP contribution is 2.31. The molecule has 0 bridgehead atoms. The van der Waals surface area contributed by atoms with Gasteiger partial charge in [0.2, 0.25) is 5.91 Å². The van der Waals surface area contributed by atoms with Crippen molar-refractivity contribution in [2.45, 2.75) is 71.4 Å². The molecule has 1 aromatic carbocycles. The van der Waals surface area contributed by atoms with E-state index < -0.39 is 12.1 Å². The minimum atomic E-state index is -0.771. The van der Waals surface area contributed by atoms with Crippen LogP contribution in [0.5, 0.6) is 11.5 Å². The van der Waals surface area contributed by atoms with Gasteiger partial charge in [-0.1, -0.05) is 32.1 Å². The lowest BCUT2D eigenvalue weighted by Gasteiger charge is -2.28. The molecular formula is C27H47ClN6O5. The Morgan fingerprint density at radius 3 is 2.54 bits per heavy atom. The van der Waals surface area contributed by atoms with E-state index in [9.17, 15) is 9.90 Å². The van der Waals surface area contributed by atoms with E-state index in [0.717, 1.165) is 18.4 Å². The van der Waals surface area contributed by atoms with Crippen LogP contribution in [0.1, 0.15) is 57.8 Å². The number of hydrogen-bond acceptors (Lipinski definition) is 9. The van der Waals surface area contributed by atoms with Crippen LogP contribution in [0, 0.1) is 17.8 Å². The predicted molar refractivity (Wildman–Crippen MR) is 152 cm³/mol. The molecule has 0 saturated heterocycles. The maximum absolute atomic E-state index is 12.5. The number of aliphatic hydroxyl groups excluding tert-OH is 1. The molecule has 0 saturated carbocycles. The highest BCUT2D eigenvalue weighted by molar-refractivity contribution is 5.85. The lowest BCUT2D eigenvalue weighted by atomic mass is 9.82. The average molecular weight is 571 g/mol. The Labute approximate surface area is 238 Å². The second-order valence-corrected chi connectivity index (χ2v) is 10.2. The molecule has 0 aliphatic heterocycles. The van der Waals surface area contributed by atoms with Gasteiger partial charge in [-0.3, -0.25) is 4.79 Å². The molecular weight excluding hydrogens is 524 g/mol. The van der Waals surface area contributed by atoms with E-state index in [0.29, 0.717) is 68.7 Å². The van der Waals surface area contributed by atoms with Crippen LogP contribution in [0.15, 0.2) is 18.2 Å². The van der Waals surface area contributed by atoms with Crippen LogP contribution in [0.4, 0.5) is 0 Å². The number of nitrogens with one attached hydrogen (secondary N) is 2. The van der Waals surface area contributed by atoms with Gasteiger partial charge in [0.15, 0.2) is 17.3 Å². The number of H-pyrrole nitrogens is 1. The summed E-state index contributed by atoms with van der Waals surface area (Å²) in [7, 11) is 3.30. The fraction of sp³-hybridized carbons (Fsp3) is 0.704. The molecule has 0 aliphatic rings. The van der Waals surface area contributed by atoms with E-state index in [1.54, 1.807) is 14.2 Å². The number of nitrogens with two attached hydrogens (primary N) is 1. The number of nitrogens with zero attached hydrogens (tertiary/aromatic N) is 3. The first-order valence-corrected chi connectivity index (χ1v) is 13.5. The summed E-state index contributed by atoms with van der Waals surface area (Å²) in [6.45, 7) is 7.84. The Bertz CT molecular complexity index is 933. The normalized spacial score (nSPS) is 14.3. The topological polar surface area (TPSA) is 157 Å². The quantitative estimate of drug-likeness (QED) is 0.186. The summed E-state index contributed by atoms with van der Waals surface area (Å²) >= 11 is 0. The third-order valence-electron chi connectivity index (χ3n) is 6.80. The summed E-state index contributed by atoms with van der Waals surface area (Å²) in [5.74, 6) is 2.20. The van der Waals surface area contributed by atoms with Crippen LogP contribution in [0.2, 0.25) is 0 Å². The van der Waals surface area contributed by atoms with E-state index in [1.807, 2.05) is 25.1 Å². The maximum atomic E-state index is 12.5. The first-order chi connectivity index (χ1) is 18.2. The van der Waals surface area contributed by atoms with Gasteiger partial charge in [-0.25, -0.2) is 0 Å². The molecule has 39 heavy (non-hydrogen) atoms. The van der Waals surface area contributed by atoms with Gasteiger partial charge in [0, 0.05) is 45.1 Å². The van der Waals surface area contributed by atoms with Crippen LogP contribution < -0.4 is 20.5 Å². The van der Waals surface area contributed by atoms with E-state index in [2.05, 4.69) is 39.8 Å². The SMILES string of the molecule is COCCCOc1cc(C[C@@H](C[C@H](N)[C@@H](O)C[C@@H](C)C(=O)NCCCc2nn[nH]n2)C(C)C)ccc1OC.Cl. The van der Waals surface area contributed by atoms with Gasteiger partial charge in [0.1, 0.15) is 0 Å². The Morgan fingerprint density at radius 2 is 1.90 bits per heavy atom. The van der Waals surface area contributed by atoms with Gasteiger partial charge < -0.3 is 30.4 Å². The van der Waals surface area contributed by atoms with Crippen molar-refractivity contribution in [1.82, 2.24) is 25.9 Å². The first-order valence-electron chi connectivity index (χ1n) is 13.5. The summed E-state index contributed by atoms with van der Waals surface area (Å²) in [4.78, 5) is 12.5. The number of hydrogen-bond donors (Lipinski definition) is 4. The highest BCUT2D eigenvalue weighted by Gasteiger charge is 2.26. The fourth-order valence-electron chi connectivity index (χ4n) is 4.31. The van der Waals surface area contributed by atoms with Gasteiger partial charge in [-0.2, -0.15) is 5.21 Å². The van der Waals surface area contributed by atoms with Gasteiger partial charge >= 0.3 is 0 Å². The average Bonchev–Trinajstić information content (AvgIpc) is 3.42. The number of carbonyl (C=O) groups excluding carboxylic acids is 1. The molecule has 0 spiro atoms. The second kappa shape index (κ2) is 18.8. The number of aromatic amines is 1. The van der Waals surface area contributed by atoms with Crippen LogP contribution in [-0.4, -0.2) is 77.8 Å².